The van der Waals surface area contributed by atoms with Gasteiger partial charge in [-0.1, -0.05) is 24.3 Å². The first-order chi connectivity index (χ1) is 11.4. The van der Waals surface area contributed by atoms with Crippen LogP contribution in [0.1, 0.15) is 38.7 Å². The summed E-state index contributed by atoms with van der Waals surface area (Å²) >= 11 is 0. The number of rotatable bonds is 6. The summed E-state index contributed by atoms with van der Waals surface area (Å²) in [5, 5.41) is 14.9. The van der Waals surface area contributed by atoms with Crippen LogP contribution in [0.4, 0.5) is 5.69 Å². The molecule has 0 spiro atoms. The predicted octanol–water partition coefficient (Wildman–Crippen LogP) is 2.41. The van der Waals surface area contributed by atoms with Crippen LogP contribution in [0.15, 0.2) is 36.4 Å². The Balaban J connectivity index is 1.87. The highest BCUT2D eigenvalue weighted by Gasteiger charge is 2.20. The predicted molar refractivity (Wildman–Crippen MR) is 94.6 cm³/mol. The van der Waals surface area contributed by atoms with Crippen LogP contribution in [0.5, 0.6) is 0 Å². The van der Waals surface area contributed by atoms with E-state index in [-0.39, 0.29) is 30.8 Å². The molecule has 3 N–H and O–H groups in total. The van der Waals surface area contributed by atoms with Crippen molar-refractivity contribution in [3.63, 3.8) is 0 Å². The molecular formula is C19H26N2O3. The molecule has 0 fully saturated rings. The molecule has 0 aromatic heterocycles. The van der Waals surface area contributed by atoms with Gasteiger partial charge in [-0.3, -0.25) is 9.59 Å². The van der Waals surface area contributed by atoms with Gasteiger partial charge in [-0.05, 0) is 50.8 Å². The van der Waals surface area contributed by atoms with E-state index in [0.29, 0.717) is 0 Å². The third-order valence-electron chi connectivity index (χ3n) is 4.10. The second kappa shape index (κ2) is 8.11. The zero-order valence-corrected chi connectivity index (χ0v) is 14.3. The minimum atomic E-state index is -0.626. The zero-order chi connectivity index (χ0) is 17.6. The Labute approximate surface area is 143 Å². The van der Waals surface area contributed by atoms with Crippen LogP contribution in [-0.2, 0) is 16.0 Å². The number of allylic oxidation sites excluding steroid dienone is 2. The second-order valence-corrected chi connectivity index (χ2v) is 6.93. The van der Waals surface area contributed by atoms with Gasteiger partial charge in [-0.25, -0.2) is 0 Å². The van der Waals surface area contributed by atoms with Crippen molar-refractivity contribution in [2.45, 2.75) is 45.1 Å². The van der Waals surface area contributed by atoms with E-state index in [1.165, 1.54) is 0 Å². The first-order valence-electron chi connectivity index (χ1n) is 8.36. The van der Waals surface area contributed by atoms with Crippen LogP contribution in [0.3, 0.4) is 0 Å². The lowest BCUT2D eigenvalue weighted by molar-refractivity contribution is -0.122. The van der Waals surface area contributed by atoms with Crippen molar-refractivity contribution in [3.8, 4) is 0 Å². The molecule has 2 amide bonds. The molecule has 0 bridgehead atoms. The summed E-state index contributed by atoms with van der Waals surface area (Å²) in [4.78, 5) is 24.1. The fraction of sp³-hybridized carbons (Fsp3) is 0.474. The van der Waals surface area contributed by atoms with Crippen molar-refractivity contribution in [2.24, 2.45) is 5.92 Å². The topological polar surface area (TPSA) is 78.4 Å². The van der Waals surface area contributed by atoms with Crippen molar-refractivity contribution in [3.05, 3.63) is 42.0 Å². The van der Waals surface area contributed by atoms with Crippen LogP contribution in [0.2, 0.25) is 0 Å². The van der Waals surface area contributed by atoms with E-state index < -0.39 is 5.54 Å². The van der Waals surface area contributed by atoms with E-state index in [1.807, 2.05) is 24.3 Å². The number of anilines is 1. The minimum absolute atomic E-state index is 0.0427. The van der Waals surface area contributed by atoms with Crippen molar-refractivity contribution in [1.29, 1.82) is 0 Å². The number of hydrogen-bond acceptors (Lipinski definition) is 3. The Morgan fingerprint density at radius 1 is 1.21 bits per heavy atom. The highest BCUT2D eigenvalue weighted by molar-refractivity contribution is 5.92. The van der Waals surface area contributed by atoms with E-state index in [1.54, 1.807) is 13.8 Å². The lowest BCUT2D eigenvalue weighted by Gasteiger charge is -2.23. The van der Waals surface area contributed by atoms with Gasteiger partial charge in [-0.2, -0.15) is 0 Å². The monoisotopic (exact) mass is 330 g/mol. The largest absolute Gasteiger partial charge is 0.394 e. The average molecular weight is 330 g/mol. The number of aliphatic hydroxyl groups excluding tert-OH is 1. The number of carbonyl (C=O) groups is 2. The van der Waals surface area contributed by atoms with Gasteiger partial charge in [0.25, 0.3) is 0 Å². The highest BCUT2D eigenvalue weighted by atomic mass is 16.3. The lowest BCUT2D eigenvalue weighted by atomic mass is 9.93. The fourth-order valence-electron chi connectivity index (χ4n) is 2.63. The number of nitrogens with one attached hydrogen (secondary N) is 2. The Kier molecular flexibility index (Phi) is 6.15. The normalized spacial score (nSPS) is 17.4. The Bertz CT molecular complexity index is 606. The van der Waals surface area contributed by atoms with Gasteiger partial charge in [0.1, 0.15) is 0 Å². The molecule has 1 atom stereocenters. The summed E-state index contributed by atoms with van der Waals surface area (Å²) in [6, 6.07) is 7.30. The van der Waals surface area contributed by atoms with Gasteiger partial charge in [0.15, 0.2) is 0 Å². The van der Waals surface area contributed by atoms with Crippen LogP contribution in [0.25, 0.3) is 0 Å². The summed E-state index contributed by atoms with van der Waals surface area (Å²) in [7, 11) is 0. The third kappa shape index (κ3) is 5.49. The molecule has 0 unspecified atom stereocenters. The maximum absolute atomic E-state index is 12.2. The number of amides is 2. The molecule has 0 aliphatic heterocycles. The minimum Gasteiger partial charge on any atom is -0.394 e. The van der Waals surface area contributed by atoms with Gasteiger partial charge in [0, 0.05) is 11.6 Å². The molecule has 24 heavy (non-hydrogen) atoms. The lowest BCUT2D eigenvalue weighted by Crippen LogP contribution is -2.46. The molecule has 0 saturated heterocycles. The third-order valence-corrected chi connectivity index (χ3v) is 4.10. The molecule has 1 aliphatic rings. The van der Waals surface area contributed by atoms with E-state index >= 15 is 0 Å². The number of hydrogen-bond donors (Lipinski definition) is 3. The van der Waals surface area contributed by atoms with Gasteiger partial charge < -0.3 is 15.7 Å². The standard InChI is InChI=1S/C19H26N2O3/c1-19(2,13-22)21-17(23)12-14-8-10-16(11-9-14)20-18(24)15-6-4-3-5-7-15/h3-4,8-11,15,22H,5-7,12-13H2,1-2H3,(H,20,24)(H,21,23)/t15-/m0/s1. The van der Waals surface area contributed by atoms with Crippen molar-refractivity contribution in [1.82, 2.24) is 5.32 Å². The molecule has 1 aromatic rings. The highest BCUT2D eigenvalue weighted by Crippen LogP contribution is 2.20. The summed E-state index contributed by atoms with van der Waals surface area (Å²) < 4.78 is 0. The molecule has 0 heterocycles. The van der Waals surface area contributed by atoms with Gasteiger partial charge in [0.2, 0.25) is 11.8 Å². The van der Waals surface area contributed by atoms with E-state index in [2.05, 4.69) is 22.8 Å². The van der Waals surface area contributed by atoms with Crippen LogP contribution < -0.4 is 10.6 Å². The van der Waals surface area contributed by atoms with Crippen molar-refractivity contribution >= 4 is 17.5 Å². The molecule has 0 radical (unpaired) electrons. The Morgan fingerprint density at radius 3 is 2.50 bits per heavy atom. The molecule has 2 rings (SSSR count). The summed E-state index contributed by atoms with van der Waals surface area (Å²) in [6.45, 7) is 3.42. The molecule has 5 heteroatoms. The number of benzene rings is 1. The molecule has 1 aromatic carbocycles. The second-order valence-electron chi connectivity index (χ2n) is 6.93. The molecule has 1 aliphatic carbocycles. The maximum atomic E-state index is 12.2. The first-order valence-corrected chi connectivity index (χ1v) is 8.36. The molecular weight excluding hydrogens is 304 g/mol. The molecule has 130 valence electrons. The Morgan fingerprint density at radius 2 is 1.92 bits per heavy atom. The molecule has 0 saturated carbocycles. The average Bonchev–Trinajstić information content (AvgIpc) is 2.57. The van der Waals surface area contributed by atoms with Gasteiger partial charge >= 0.3 is 0 Å². The van der Waals surface area contributed by atoms with E-state index in [0.717, 1.165) is 30.5 Å². The number of aliphatic hydroxyl groups is 1. The SMILES string of the molecule is CC(C)(CO)NC(=O)Cc1ccc(NC(=O)[C@H]2CC=CCC2)cc1. The summed E-state index contributed by atoms with van der Waals surface area (Å²) in [6.07, 6.45) is 7.05. The zero-order valence-electron chi connectivity index (χ0n) is 14.3. The van der Waals surface area contributed by atoms with Crippen molar-refractivity contribution < 1.29 is 14.7 Å². The smallest absolute Gasteiger partial charge is 0.227 e. The van der Waals surface area contributed by atoms with Gasteiger partial charge in [-0.15, -0.1) is 0 Å². The first kappa shape index (κ1) is 18.2. The van der Waals surface area contributed by atoms with Gasteiger partial charge in [0.05, 0.1) is 18.6 Å². The van der Waals surface area contributed by atoms with Crippen LogP contribution in [-0.4, -0.2) is 29.1 Å². The Hall–Kier alpha value is -2.14. The molecule has 5 nitrogen and oxygen atoms in total. The maximum Gasteiger partial charge on any atom is 0.227 e. The van der Waals surface area contributed by atoms with Crippen LogP contribution in [0, 0.1) is 5.92 Å². The van der Waals surface area contributed by atoms with E-state index in [4.69, 9.17) is 0 Å². The number of carbonyl (C=O) groups excluding carboxylic acids is 2. The van der Waals surface area contributed by atoms with Crippen LogP contribution >= 0.6 is 0 Å². The summed E-state index contributed by atoms with van der Waals surface area (Å²) in [5.41, 5.74) is 0.980. The summed E-state index contributed by atoms with van der Waals surface area (Å²) in [5.74, 6) is -0.0458. The quantitative estimate of drug-likeness (QED) is 0.701. The fourth-order valence-corrected chi connectivity index (χ4v) is 2.63. The van der Waals surface area contributed by atoms with E-state index in [9.17, 15) is 14.7 Å². The van der Waals surface area contributed by atoms with Crippen molar-refractivity contribution in [2.75, 3.05) is 11.9 Å².